The highest BCUT2D eigenvalue weighted by molar-refractivity contribution is 5.33. The summed E-state index contributed by atoms with van der Waals surface area (Å²) < 4.78 is 5.85. The fraction of sp³-hybridized carbons (Fsp3) is 0.385. The average molecular weight is 188 g/mol. The Kier molecular flexibility index (Phi) is 2.20. The van der Waals surface area contributed by atoms with Crippen LogP contribution in [0.3, 0.4) is 0 Å². The molecule has 0 radical (unpaired) electrons. The Morgan fingerprint density at radius 2 is 2.00 bits per heavy atom. The van der Waals surface area contributed by atoms with Crippen LogP contribution < -0.4 is 0 Å². The highest BCUT2D eigenvalue weighted by Gasteiger charge is 2.39. The van der Waals surface area contributed by atoms with Crippen molar-refractivity contribution < 1.29 is 4.74 Å². The molecule has 1 heterocycles. The monoisotopic (exact) mass is 188 g/mol. The van der Waals surface area contributed by atoms with Crippen LogP contribution in [0.4, 0.5) is 0 Å². The van der Waals surface area contributed by atoms with E-state index in [9.17, 15) is 0 Å². The summed E-state index contributed by atoms with van der Waals surface area (Å²) in [7, 11) is 0. The molecule has 1 aliphatic rings. The van der Waals surface area contributed by atoms with Gasteiger partial charge in [-0.2, -0.15) is 0 Å². The van der Waals surface area contributed by atoms with Crippen molar-refractivity contribution in [3.63, 3.8) is 0 Å². The van der Waals surface area contributed by atoms with Crippen LogP contribution in [0.15, 0.2) is 42.5 Å². The van der Waals surface area contributed by atoms with Crippen LogP contribution in [-0.4, -0.2) is 6.61 Å². The van der Waals surface area contributed by atoms with Crippen molar-refractivity contribution in [2.75, 3.05) is 6.61 Å². The second kappa shape index (κ2) is 3.25. The Labute approximate surface area is 85.4 Å². The molecule has 0 aliphatic carbocycles. The topological polar surface area (TPSA) is 9.23 Å². The summed E-state index contributed by atoms with van der Waals surface area (Å²) in [6.45, 7) is 9.19. The predicted molar refractivity (Wildman–Crippen MR) is 58.1 cm³/mol. The van der Waals surface area contributed by atoms with Crippen molar-refractivity contribution in [3.8, 4) is 0 Å². The standard InChI is InChI=1S/C13H16O/c1-10-9-14-13(3,11(10)2)12-7-5-4-6-8-12/h4-8,10H,2,9H2,1,3H3. The first kappa shape index (κ1) is 9.47. The van der Waals surface area contributed by atoms with E-state index in [1.54, 1.807) is 0 Å². The van der Waals surface area contributed by atoms with Crippen LogP contribution >= 0.6 is 0 Å². The molecule has 0 amide bonds. The van der Waals surface area contributed by atoms with Gasteiger partial charge in [0, 0.05) is 5.92 Å². The molecule has 1 saturated heterocycles. The van der Waals surface area contributed by atoms with Crippen molar-refractivity contribution in [3.05, 3.63) is 48.0 Å². The number of rotatable bonds is 1. The zero-order valence-corrected chi connectivity index (χ0v) is 8.79. The molecule has 1 aromatic rings. The lowest BCUT2D eigenvalue weighted by atomic mass is 9.85. The van der Waals surface area contributed by atoms with E-state index in [1.807, 2.05) is 18.2 Å². The highest BCUT2D eigenvalue weighted by atomic mass is 16.5. The summed E-state index contributed by atoms with van der Waals surface area (Å²) in [4.78, 5) is 0. The molecule has 0 spiro atoms. The molecule has 0 N–H and O–H groups in total. The minimum absolute atomic E-state index is 0.277. The third-order valence-corrected chi connectivity index (χ3v) is 3.15. The maximum Gasteiger partial charge on any atom is 0.111 e. The van der Waals surface area contributed by atoms with Gasteiger partial charge in [0.2, 0.25) is 0 Å². The Morgan fingerprint density at radius 3 is 2.50 bits per heavy atom. The number of hydrogen-bond donors (Lipinski definition) is 0. The summed E-state index contributed by atoms with van der Waals surface area (Å²) >= 11 is 0. The predicted octanol–water partition coefficient (Wildman–Crippen LogP) is 3.12. The lowest BCUT2D eigenvalue weighted by Gasteiger charge is -2.25. The molecule has 0 aromatic heterocycles. The minimum Gasteiger partial charge on any atom is -0.366 e. The van der Waals surface area contributed by atoms with E-state index in [1.165, 1.54) is 11.1 Å². The van der Waals surface area contributed by atoms with Crippen LogP contribution in [0.5, 0.6) is 0 Å². The van der Waals surface area contributed by atoms with Gasteiger partial charge in [0.1, 0.15) is 5.60 Å². The third-order valence-electron chi connectivity index (χ3n) is 3.15. The molecule has 1 aliphatic heterocycles. The molecular formula is C13H16O. The van der Waals surface area contributed by atoms with Crippen LogP contribution in [0.1, 0.15) is 19.4 Å². The van der Waals surface area contributed by atoms with Crippen molar-refractivity contribution >= 4 is 0 Å². The molecule has 2 atom stereocenters. The highest BCUT2D eigenvalue weighted by Crippen LogP contribution is 2.41. The Balaban J connectivity index is 2.39. The molecule has 74 valence electrons. The van der Waals surface area contributed by atoms with Crippen molar-refractivity contribution in [1.82, 2.24) is 0 Å². The van der Waals surface area contributed by atoms with Gasteiger partial charge in [0.05, 0.1) is 6.61 Å². The van der Waals surface area contributed by atoms with Gasteiger partial charge in [-0.05, 0) is 18.1 Å². The van der Waals surface area contributed by atoms with Gasteiger partial charge in [-0.15, -0.1) is 0 Å². The molecule has 1 aromatic carbocycles. The van der Waals surface area contributed by atoms with Crippen LogP contribution in [0.25, 0.3) is 0 Å². The van der Waals surface area contributed by atoms with Gasteiger partial charge in [-0.1, -0.05) is 43.8 Å². The van der Waals surface area contributed by atoms with E-state index in [4.69, 9.17) is 4.74 Å². The molecule has 1 nitrogen and oxygen atoms in total. The zero-order valence-electron chi connectivity index (χ0n) is 8.79. The second-order valence-electron chi connectivity index (χ2n) is 4.14. The van der Waals surface area contributed by atoms with Crippen LogP contribution in [0, 0.1) is 5.92 Å². The zero-order chi connectivity index (χ0) is 10.2. The first-order chi connectivity index (χ1) is 6.64. The van der Waals surface area contributed by atoms with E-state index in [0.717, 1.165) is 6.61 Å². The van der Waals surface area contributed by atoms with E-state index in [2.05, 4.69) is 32.6 Å². The number of ether oxygens (including phenoxy) is 1. The molecule has 0 saturated carbocycles. The maximum absolute atomic E-state index is 5.85. The molecule has 2 rings (SSSR count). The van der Waals surface area contributed by atoms with Gasteiger partial charge < -0.3 is 4.74 Å². The van der Waals surface area contributed by atoms with E-state index in [0.29, 0.717) is 5.92 Å². The SMILES string of the molecule is C=C1C(C)COC1(C)c1ccccc1. The van der Waals surface area contributed by atoms with E-state index < -0.39 is 0 Å². The van der Waals surface area contributed by atoms with Crippen LogP contribution in [-0.2, 0) is 10.3 Å². The molecule has 1 fully saturated rings. The second-order valence-corrected chi connectivity index (χ2v) is 4.14. The van der Waals surface area contributed by atoms with E-state index >= 15 is 0 Å². The molecular weight excluding hydrogens is 172 g/mol. The van der Waals surface area contributed by atoms with E-state index in [-0.39, 0.29) is 5.60 Å². The molecule has 1 heteroatoms. The summed E-state index contributed by atoms with van der Waals surface area (Å²) in [5.74, 6) is 0.459. The van der Waals surface area contributed by atoms with Gasteiger partial charge in [-0.25, -0.2) is 0 Å². The van der Waals surface area contributed by atoms with Gasteiger partial charge in [0.15, 0.2) is 0 Å². The lowest BCUT2D eigenvalue weighted by molar-refractivity contribution is 0.0336. The summed E-state index contributed by atoms with van der Waals surface area (Å²) in [6, 6.07) is 10.3. The fourth-order valence-electron chi connectivity index (χ4n) is 1.98. The molecule has 14 heavy (non-hydrogen) atoms. The van der Waals surface area contributed by atoms with Crippen molar-refractivity contribution in [2.24, 2.45) is 5.92 Å². The molecule has 0 bridgehead atoms. The maximum atomic E-state index is 5.85. The van der Waals surface area contributed by atoms with Crippen molar-refractivity contribution in [2.45, 2.75) is 19.4 Å². The summed E-state index contributed by atoms with van der Waals surface area (Å²) in [6.07, 6.45) is 0. The van der Waals surface area contributed by atoms with Gasteiger partial charge >= 0.3 is 0 Å². The number of benzene rings is 1. The Bertz CT molecular complexity index is 342. The molecule has 2 unspecified atom stereocenters. The Morgan fingerprint density at radius 1 is 1.36 bits per heavy atom. The van der Waals surface area contributed by atoms with Crippen LogP contribution in [0.2, 0.25) is 0 Å². The van der Waals surface area contributed by atoms with Crippen molar-refractivity contribution in [1.29, 1.82) is 0 Å². The fourth-order valence-corrected chi connectivity index (χ4v) is 1.98. The van der Waals surface area contributed by atoms with Gasteiger partial charge in [0.25, 0.3) is 0 Å². The summed E-state index contributed by atoms with van der Waals surface area (Å²) in [5, 5.41) is 0. The smallest absolute Gasteiger partial charge is 0.111 e. The lowest BCUT2D eigenvalue weighted by Crippen LogP contribution is -2.22. The third kappa shape index (κ3) is 1.28. The largest absolute Gasteiger partial charge is 0.366 e. The quantitative estimate of drug-likeness (QED) is 0.615. The van der Waals surface area contributed by atoms with Gasteiger partial charge in [-0.3, -0.25) is 0 Å². The average Bonchev–Trinajstić information content (AvgIpc) is 2.49. The minimum atomic E-state index is -0.277. The number of hydrogen-bond acceptors (Lipinski definition) is 1. The first-order valence-corrected chi connectivity index (χ1v) is 5.03. The first-order valence-electron chi connectivity index (χ1n) is 5.03. The normalized spacial score (nSPS) is 32.1. The summed E-state index contributed by atoms with van der Waals surface area (Å²) in [5.41, 5.74) is 2.11. The Hall–Kier alpha value is -1.08.